The maximum Gasteiger partial charge on any atom is 0.253 e. The van der Waals surface area contributed by atoms with Crippen molar-refractivity contribution < 1.29 is 14.6 Å². The molecule has 1 N–H and O–H groups in total. The lowest BCUT2D eigenvalue weighted by Gasteiger charge is -2.20. The Morgan fingerprint density at radius 1 is 1.61 bits per heavy atom. The van der Waals surface area contributed by atoms with Crippen molar-refractivity contribution in [2.24, 2.45) is 0 Å². The van der Waals surface area contributed by atoms with E-state index >= 15 is 0 Å². The zero-order chi connectivity index (χ0) is 13.7. The smallest absolute Gasteiger partial charge is 0.253 e. The van der Waals surface area contributed by atoms with Crippen LogP contribution in [0.5, 0.6) is 5.75 Å². The van der Waals surface area contributed by atoms with Gasteiger partial charge in [-0.05, 0) is 34.1 Å². The molecule has 100 valence electrons. The largest absolute Gasteiger partial charge is 0.507 e. The second-order valence-corrected chi connectivity index (χ2v) is 5.38. The molecule has 0 fully saturated rings. The van der Waals surface area contributed by atoms with E-state index in [0.717, 1.165) is 0 Å². The van der Waals surface area contributed by atoms with Gasteiger partial charge in [0.05, 0.1) is 16.5 Å². The Morgan fingerprint density at radius 3 is 2.83 bits per heavy atom. The van der Waals surface area contributed by atoms with Crippen LogP contribution < -0.4 is 0 Å². The van der Waals surface area contributed by atoms with Crippen molar-refractivity contribution in [3.05, 3.63) is 28.2 Å². The Morgan fingerprint density at radius 2 is 2.28 bits per heavy atom. The Bertz CT molecular complexity index is 428. The molecule has 1 rings (SSSR count). The van der Waals surface area contributed by atoms with Gasteiger partial charge in [-0.1, -0.05) is 0 Å². The molecule has 0 bridgehead atoms. The minimum atomic E-state index is -0.256. The molecular formula is C12H15BrClNO3. The van der Waals surface area contributed by atoms with E-state index < -0.39 is 0 Å². The zero-order valence-electron chi connectivity index (χ0n) is 10.2. The lowest BCUT2D eigenvalue weighted by Crippen LogP contribution is -2.33. The third kappa shape index (κ3) is 4.15. The number of hydrogen-bond acceptors (Lipinski definition) is 3. The standard InChI is InChI=1S/C12H15BrClNO3/c1-15(6-9(14)7-18-2)12(17)8-3-4-10(13)11(16)5-8/h3-5,9,16H,6-7H2,1-2H3. The molecule has 1 atom stereocenters. The molecule has 0 aliphatic carbocycles. The number of alkyl halides is 1. The number of phenolic OH excluding ortho intramolecular Hbond substituents is 1. The van der Waals surface area contributed by atoms with Gasteiger partial charge >= 0.3 is 0 Å². The van der Waals surface area contributed by atoms with E-state index in [9.17, 15) is 9.90 Å². The van der Waals surface area contributed by atoms with Crippen molar-refractivity contribution in [1.29, 1.82) is 0 Å². The fourth-order valence-electron chi connectivity index (χ4n) is 1.48. The minimum absolute atomic E-state index is 0.0357. The summed E-state index contributed by atoms with van der Waals surface area (Å²) < 4.78 is 5.46. The average molecular weight is 337 g/mol. The molecule has 0 heterocycles. The molecule has 6 heteroatoms. The van der Waals surface area contributed by atoms with E-state index in [1.165, 1.54) is 11.0 Å². The normalized spacial score (nSPS) is 12.2. The van der Waals surface area contributed by atoms with Gasteiger partial charge in [-0.15, -0.1) is 11.6 Å². The Hall–Kier alpha value is -0.780. The number of halogens is 2. The molecule has 0 aromatic heterocycles. The van der Waals surface area contributed by atoms with Crippen LogP contribution in [-0.2, 0) is 4.74 Å². The highest BCUT2D eigenvalue weighted by Crippen LogP contribution is 2.24. The first kappa shape index (κ1) is 15.3. The number of aromatic hydroxyl groups is 1. The van der Waals surface area contributed by atoms with Crippen LogP contribution in [0.2, 0.25) is 0 Å². The van der Waals surface area contributed by atoms with Crippen LogP contribution in [0, 0.1) is 0 Å². The lowest BCUT2D eigenvalue weighted by molar-refractivity contribution is 0.0781. The van der Waals surface area contributed by atoms with E-state index in [4.69, 9.17) is 16.3 Å². The molecule has 0 aliphatic heterocycles. The first-order valence-electron chi connectivity index (χ1n) is 5.32. The molecule has 1 aromatic rings. The highest BCUT2D eigenvalue weighted by Gasteiger charge is 2.16. The maximum absolute atomic E-state index is 12.0. The molecule has 0 saturated heterocycles. The first-order valence-corrected chi connectivity index (χ1v) is 6.55. The molecule has 1 amide bonds. The predicted octanol–water partition coefficient (Wildman–Crippen LogP) is 2.48. The molecule has 4 nitrogen and oxygen atoms in total. The van der Waals surface area contributed by atoms with Gasteiger partial charge in [0.1, 0.15) is 5.75 Å². The van der Waals surface area contributed by atoms with Crippen LogP contribution in [0.25, 0.3) is 0 Å². The number of hydrogen-bond donors (Lipinski definition) is 1. The van der Waals surface area contributed by atoms with Crippen molar-refractivity contribution in [1.82, 2.24) is 4.90 Å². The van der Waals surface area contributed by atoms with Crippen molar-refractivity contribution in [2.75, 3.05) is 27.3 Å². The number of rotatable bonds is 5. The van der Waals surface area contributed by atoms with Gasteiger partial charge < -0.3 is 14.7 Å². The van der Waals surface area contributed by atoms with Crippen molar-refractivity contribution in [2.45, 2.75) is 5.38 Å². The number of benzene rings is 1. The fourth-order valence-corrected chi connectivity index (χ4v) is 2.06. The molecule has 1 aromatic carbocycles. The molecule has 0 saturated carbocycles. The summed E-state index contributed by atoms with van der Waals surface area (Å²) in [5.74, 6) is -0.159. The van der Waals surface area contributed by atoms with Crippen LogP contribution in [0.4, 0.5) is 0 Å². The van der Waals surface area contributed by atoms with Gasteiger partial charge in [0.15, 0.2) is 0 Å². The number of phenols is 1. The Labute approximate surface area is 120 Å². The zero-order valence-corrected chi connectivity index (χ0v) is 12.5. The quantitative estimate of drug-likeness (QED) is 0.841. The van der Waals surface area contributed by atoms with Gasteiger partial charge in [-0.3, -0.25) is 4.79 Å². The number of ether oxygens (including phenoxy) is 1. The number of amides is 1. The summed E-state index contributed by atoms with van der Waals surface area (Å²) in [6.45, 7) is 0.760. The molecule has 0 radical (unpaired) electrons. The second-order valence-electron chi connectivity index (χ2n) is 3.90. The number of carbonyl (C=O) groups excluding carboxylic acids is 1. The summed E-state index contributed by atoms with van der Waals surface area (Å²) >= 11 is 9.15. The van der Waals surface area contributed by atoms with Gasteiger partial charge in [-0.25, -0.2) is 0 Å². The maximum atomic E-state index is 12.0. The summed E-state index contributed by atoms with van der Waals surface area (Å²) in [7, 11) is 3.22. The Kier molecular flexibility index (Phi) is 5.91. The fraction of sp³-hybridized carbons (Fsp3) is 0.417. The van der Waals surface area contributed by atoms with Crippen LogP contribution in [0.15, 0.2) is 22.7 Å². The summed E-state index contributed by atoms with van der Waals surface area (Å²) in [6.07, 6.45) is 0. The summed E-state index contributed by atoms with van der Waals surface area (Å²) in [6, 6.07) is 4.69. The monoisotopic (exact) mass is 335 g/mol. The van der Waals surface area contributed by atoms with E-state index in [1.807, 2.05) is 0 Å². The van der Waals surface area contributed by atoms with Gasteiger partial charge in [0.25, 0.3) is 5.91 Å². The summed E-state index contributed by atoms with van der Waals surface area (Å²) in [5.41, 5.74) is 0.416. The van der Waals surface area contributed by atoms with Crippen molar-refractivity contribution in [3.63, 3.8) is 0 Å². The van der Waals surface area contributed by atoms with E-state index in [0.29, 0.717) is 23.2 Å². The SMILES string of the molecule is COCC(Cl)CN(C)C(=O)c1ccc(Br)c(O)c1. The van der Waals surface area contributed by atoms with Crippen molar-refractivity contribution >= 4 is 33.4 Å². The van der Waals surface area contributed by atoms with Gasteiger partial charge in [0, 0.05) is 26.3 Å². The third-order valence-electron chi connectivity index (χ3n) is 2.36. The van der Waals surface area contributed by atoms with E-state index in [-0.39, 0.29) is 17.0 Å². The van der Waals surface area contributed by atoms with Crippen LogP contribution >= 0.6 is 27.5 Å². The van der Waals surface area contributed by atoms with Crippen LogP contribution in [-0.4, -0.2) is 48.6 Å². The summed E-state index contributed by atoms with van der Waals surface area (Å²) in [4.78, 5) is 13.5. The number of methoxy groups -OCH3 is 1. The highest BCUT2D eigenvalue weighted by atomic mass is 79.9. The highest BCUT2D eigenvalue weighted by molar-refractivity contribution is 9.10. The predicted molar refractivity (Wildman–Crippen MR) is 74.3 cm³/mol. The number of carbonyl (C=O) groups is 1. The molecule has 0 spiro atoms. The molecular weight excluding hydrogens is 321 g/mol. The molecule has 18 heavy (non-hydrogen) atoms. The van der Waals surface area contributed by atoms with Crippen molar-refractivity contribution in [3.8, 4) is 5.75 Å². The minimum Gasteiger partial charge on any atom is -0.507 e. The Balaban J connectivity index is 2.71. The van der Waals surface area contributed by atoms with Crippen LogP contribution in [0.3, 0.4) is 0 Å². The molecule has 0 aliphatic rings. The van der Waals surface area contributed by atoms with E-state index in [1.54, 1.807) is 26.3 Å². The second kappa shape index (κ2) is 6.97. The number of nitrogens with zero attached hydrogens (tertiary/aromatic N) is 1. The van der Waals surface area contributed by atoms with Crippen LogP contribution in [0.1, 0.15) is 10.4 Å². The lowest BCUT2D eigenvalue weighted by atomic mass is 10.2. The average Bonchev–Trinajstić information content (AvgIpc) is 2.32. The molecule has 1 unspecified atom stereocenters. The van der Waals surface area contributed by atoms with E-state index in [2.05, 4.69) is 15.9 Å². The van der Waals surface area contributed by atoms with Gasteiger partial charge in [-0.2, -0.15) is 0 Å². The summed E-state index contributed by atoms with van der Waals surface area (Å²) in [5, 5.41) is 9.28. The first-order chi connectivity index (χ1) is 8.45. The topological polar surface area (TPSA) is 49.8 Å². The van der Waals surface area contributed by atoms with Gasteiger partial charge in [0.2, 0.25) is 0 Å². The third-order valence-corrected chi connectivity index (χ3v) is 3.29.